The molecule has 3 heterocycles. The molecule has 44 heavy (non-hydrogen) atoms. The first-order valence-electron chi connectivity index (χ1n) is 15.1. The molecule has 5 aromatic rings. The maximum Gasteiger partial charge on any atom is 0.216 e. The molecule has 0 atom stereocenters. The van der Waals surface area contributed by atoms with Crippen molar-refractivity contribution in [1.82, 2.24) is 4.98 Å². The monoisotopic (exact) mass is 577 g/mol. The lowest BCUT2D eigenvalue weighted by molar-refractivity contribution is 0.279. The van der Waals surface area contributed by atoms with Crippen molar-refractivity contribution < 1.29 is 9.47 Å². The van der Waals surface area contributed by atoms with E-state index in [0.717, 1.165) is 44.8 Å². The molecule has 4 aromatic carbocycles. The molecule has 218 valence electrons. The van der Waals surface area contributed by atoms with Crippen LogP contribution in [-0.2, 0) is 9.47 Å². The Bertz CT molecular complexity index is 1830. The van der Waals surface area contributed by atoms with Gasteiger partial charge in [0, 0.05) is 22.3 Å². The van der Waals surface area contributed by atoms with E-state index in [2.05, 4.69) is 113 Å². The topological polar surface area (TPSA) is 56.1 Å². The van der Waals surface area contributed by atoms with Crippen LogP contribution in [0.5, 0.6) is 0 Å². The van der Waals surface area contributed by atoms with Crippen LogP contribution in [0.4, 0.5) is 0 Å². The Kier molecular flexibility index (Phi) is 6.89. The molecule has 0 amide bonds. The number of benzene rings is 4. The van der Waals surface area contributed by atoms with Gasteiger partial charge in [-0.15, -0.1) is 0 Å². The van der Waals surface area contributed by atoms with Gasteiger partial charge in [0.2, 0.25) is 11.8 Å². The molecular weight excluding hydrogens is 542 g/mol. The Labute approximate surface area is 259 Å². The van der Waals surface area contributed by atoms with Crippen molar-refractivity contribution in [3.8, 4) is 44.8 Å². The van der Waals surface area contributed by atoms with Crippen LogP contribution in [-0.4, -0.2) is 41.1 Å². The molecule has 0 radical (unpaired) electrons. The summed E-state index contributed by atoms with van der Waals surface area (Å²) in [6.07, 6.45) is 0. The second-order valence-corrected chi connectivity index (χ2v) is 12.8. The minimum absolute atomic E-state index is 0.228. The van der Waals surface area contributed by atoms with Gasteiger partial charge in [-0.1, -0.05) is 72.8 Å². The summed E-state index contributed by atoms with van der Waals surface area (Å²) >= 11 is 0. The number of rotatable bonds is 6. The minimum Gasteiger partial charge on any atom is -0.475 e. The van der Waals surface area contributed by atoms with Gasteiger partial charge in [-0.05, 0) is 92.4 Å². The summed E-state index contributed by atoms with van der Waals surface area (Å²) in [5.41, 5.74) is 9.78. The zero-order valence-corrected chi connectivity index (χ0v) is 25.5. The molecule has 2 aliphatic rings. The van der Waals surface area contributed by atoms with Gasteiger partial charge in [0.25, 0.3) is 0 Å². The van der Waals surface area contributed by atoms with Crippen molar-refractivity contribution in [2.24, 2.45) is 9.98 Å². The molecule has 5 heteroatoms. The SMILES string of the molecule is CC1(C)COC(c2cccc(-c3cc(-c4cccc(-c5ccccc5)c4)cc(-c4cccc(C5=NC(C)(C)CO5)c4)n3)c2)=N1. The highest BCUT2D eigenvalue weighted by molar-refractivity contribution is 5.97. The van der Waals surface area contributed by atoms with Crippen molar-refractivity contribution >= 4 is 11.8 Å². The summed E-state index contributed by atoms with van der Waals surface area (Å²) in [5, 5.41) is 0. The van der Waals surface area contributed by atoms with Crippen LogP contribution in [0.15, 0.2) is 125 Å². The van der Waals surface area contributed by atoms with Crippen molar-refractivity contribution in [2.45, 2.75) is 38.8 Å². The van der Waals surface area contributed by atoms with Crippen LogP contribution < -0.4 is 0 Å². The molecule has 5 nitrogen and oxygen atoms in total. The van der Waals surface area contributed by atoms with E-state index in [1.807, 2.05) is 30.3 Å². The van der Waals surface area contributed by atoms with E-state index in [9.17, 15) is 0 Å². The smallest absolute Gasteiger partial charge is 0.216 e. The number of aromatic nitrogens is 1. The largest absolute Gasteiger partial charge is 0.475 e. The first-order valence-corrected chi connectivity index (χ1v) is 15.1. The molecule has 0 spiro atoms. The average molecular weight is 578 g/mol. The quantitative estimate of drug-likeness (QED) is 0.203. The number of hydrogen-bond acceptors (Lipinski definition) is 5. The van der Waals surface area contributed by atoms with Gasteiger partial charge in [0.05, 0.1) is 22.5 Å². The third-order valence-electron chi connectivity index (χ3n) is 7.87. The maximum atomic E-state index is 5.97. The Hall–Kier alpha value is -5.03. The van der Waals surface area contributed by atoms with Crippen LogP contribution in [0, 0.1) is 0 Å². The number of pyridine rings is 1. The third kappa shape index (κ3) is 5.78. The van der Waals surface area contributed by atoms with Gasteiger partial charge in [-0.3, -0.25) is 0 Å². The lowest BCUT2D eigenvalue weighted by atomic mass is 9.96. The van der Waals surface area contributed by atoms with E-state index in [-0.39, 0.29) is 11.1 Å². The molecule has 0 bridgehead atoms. The molecule has 2 aliphatic heterocycles. The van der Waals surface area contributed by atoms with Crippen LogP contribution in [0.3, 0.4) is 0 Å². The molecular formula is C39H35N3O2. The average Bonchev–Trinajstić information content (AvgIpc) is 3.62. The highest BCUT2D eigenvalue weighted by atomic mass is 16.5. The van der Waals surface area contributed by atoms with E-state index in [0.29, 0.717) is 25.0 Å². The molecule has 0 fully saturated rings. The van der Waals surface area contributed by atoms with Crippen molar-refractivity contribution in [1.29, 1.82) is 0 Å². The van der Waals surface area contributed by atoms with Gasteiger partial charge in [0.1, 0.15) is 13.2 Å². The van der Waals surface area contributed by atoms with Crippen molar-refractivity contribution in [3.05, 3.63) is 126 Å². The predicted molar refractivity (Wildman–Crippen MR) is 179 cm³/mol. The normalized spacial score (nSPS) is 16.5. The van der Waals surface area contributed by atoms with E-state index in [1.54, 1.807) is 0 Å². The van der Waals surface area contributed by atoms with Gasteiger partial charge < -0.3 is 9.47 Å². The van der Waals surface area contributed by atoms with Gasteiger partial charge in [-0.25, -0.2) is 15.0 Å². The second kappa shape index (κ2) is 10.9. The molecule has 7 rings (SSSR count). The summed E-state index contributed by atoms with van der Waals surface area (Å²) in [5.74, 6) is 1.36. The standard InChI is InChI=1S/C39H35N3O2/c1-38(2)24-43-36(41-38)31-17-9-15-29(20-31)34-22-33(28-14-8-13-27(19-28)26-11-6-5-7-12-26)23-35(40-34)30-16-10-18-32(21-30)37-42-39(3,4)25-44-37/h5-23H,24-25H2,1-4H3. The highest BCUT2D eigenvalue weighted by Gasteiger charge is 2.28. The van der Waals surface area contributed by atoms with E-state index < -0.39 is 0 Å². The number of nitrogens with zero attached hydrogens (tertiary/aromatic N) is 3. The molecule has 0 aliphatic carbocycles. The highest BCUT2D eigenvalue weighted by Crippen LogP contribution is 2.34. The van der Waals surface area contributed by atoms with Crippen LogP contribution in [0.2, 0.25) is 0 Å². The van der Waals surface area contributed by atoms with E-state index in [1.165, 1.54) is 11.1 Å². The Morgan fingerprint density at radius 3 is 1.32 bits per heavy atom. The number of hydrogen-bond donors (Lipinski definition) is 0. The predicted octanol–water partition coefficient (Wildman–Crippen LogP) is 8.86. The lowest BCUT2D eigenvalue weighted by Gasteiger charge is -2.13. The van der Waals surface area contributed by atoms with E-state index in [4.69, 9.17) is 24.4 Å². The first-order chi connectivity index (χ1) is 21.2. The van der Waals surface area contributed by atoms with Gasteiger partial charge >= 0.3 is 0 Å². The fourth-order valence-corrected chi connectivity index (χ4v) is 5.59. The fraction of sp³-hybridized carbons (Fsp3) is 0.205. The summed E-state index contributed by atoms with van der Waals surface area (Å²) < 4.78 is 11.9. The zero-order chi connectivity index (χ0) is 30.3. The van der Waals surface area contributed by atoms with Crippen LogP contribution in [0.1, 0.15) is 38.8 Å². The Morgan fingerprint density at radius 2 is 0.841 bits per heavy atom. The van der Waals surface area contributed by atoms with Gasteiger partial charge in [0.15, 0.2) is 0 Å². The first kappa shape index (κ1) is 27.8. The minimum atomic E-state index is -0.228. The molecule has 0 unspecified atom stereocenters. The zero-order valence-electron chi connectivity index (χ0n) is 25.5. The summed E-state index contributed by atoms with van der Waals surface area (Å²) in [4.78, 5) is 14.8. The summed E-state index contributed by atoms with van der Waals surface area (Å²) in [6.45, 7) is 9.49. The summed E-state index contributed by atoms with van der Waals surface area (Å²) in [6, 6.07) is 40.1. The Morgan fingerprint density at radius 1 is 0.432 bits per heavy atom. The van der Waals surface area contributed by atoms with Crippen LogP contribution in [0.25, 0.3) is 44.8 Å². The number of aliphatic imine (C=N–C) groups is 2. The Balaban J connectivity index is 1.35. The van der Waals surface area contributed by atoms with Crippen molar-refractivity contribution in [2.75, 3.05) is 13.2 Å². The number of ether oxygens (including phenoxy) is 2. The van der Waals surface area contributed by atoms with Gasteiger partial charge in [-0.2, -0.15) is 0 Å². The summed E-state index contributed by atoms with van der Waals surface area (Å²) in [7, 11) is 0. The lowest BCUT2D eigenvalue weighted by Crippen LogP contribution is -2.17. The molecule has 0 saturated carbocycles. The molecule has 1 aromatic heterocycles. The maximum absolute atomic E-state index is 5.97. The second-order valence-electron chi connectivity index (χ2n) is 12.8. The third-order valence-corrected chi connectivity index (χ3v) is 7.87. The van der Waals surface area contributed by atoms with Crippen LogP contribution >= 0.6 is 0 Å². The fourth-order valence-electron chi connectivity index (χ4n) is 5.59. The van der Waals surface area contributed by atoms with E-state index >= 15 is 0 Å². The molecule has 0 N–H and O–H groups in total. The van der Waals surface area contributed by atoms with Crippen molar-refractivity contribution in [3.63, 3.8) is 0 Å². The molecule has 0 saturated heterocycles.